The molecule has 26 heavy (non-hydrogen) atoms. The van der Waals surface area contributed by atoms with Gasteiger partial charge >= 0.3 is 6.09 Å². The number of carbonyl (C=O) groups is 1. The van der Waals surface area contributed by atoms with E-state index in [2.05, 4.69) is 17.2 Å². The monoisotopic (exact) mass is 353 g/mol. The van der Waals surface area contributed by atoms with E-state index < -0.39 is 11.0 Å². The summed E-state index contributed by atoms with van der Waals surface area (Å²) >= 11 is 0. The Labute approximate surface area is 151 Å². The van der Waals surface area contributed by atoms with Crippen molar-refractivity contribution in [2.45, 2.75) is 20.0 Å². The number of carbonyl (C=O) groups excluding carboxylic acids is 1. The minimum Gasteiger partial charge on any atom is -0.445 e. The molecule has 0 radical (unpaired) electrons. The lowest BCUT2D eigenvalue weighted by Gasteiger charge is -2.05. The number of anilines is 1. The molecule has 0 heterocycles. The Morgan fingerprint density at radius 3 is 2.73 bits per heavy atom. The summed E-state index contributed by atoms with van der Waals surface area (Å²) in [5.74, 6) is 5.74. The number of amides is 1. The molecule has 0 aromatic heterocycles. The maximum atomic E-state index is 11.6. The topological polar surface area (TPSA) is 107 Å². The van der Waals surface area contributed by atoms with Crippen LogP contribution in [-0.2, 0) is 11.3 Å². The normalized spacial score (nSPS) is 9.73. The van der Waals surface area contributed by atoms with Crippen molar-refractivity contribution in [3.8, 4) is 11.8 Å². The Morgan fingerprint density at radius 2 is 2.04 bits per heavy atom. The Hall–Kier alpha value is -3.53. The minimum atomic E-state index is -0.513. The third-order valence-electron chi connectivity index (χ3n) is 3.52. The molecule has 0 aliphatic carbocycles. The first-order chi connectivity index (χ1) is 12.5. The van der Waals surface area contributed by atoms with Crippen LogP contribution in [0.1, 0.15) is 23.1 Å². The second kappa shape index (κ2) is 9.08. The maximum absolute atomic E-state index is 11.6. The van der Waals surface area contributed by atoms with Crippen LogP contribution in [0.2, 0.25) is 0 Å². The lowest BCUT2D eigenvalue weighted by Crippen LogP contribution is -2.24. The number of nitro groups is 1. The zero-order chi connectivity index (χ0) is 18.9. The Balaban J connectivity index is 1.79. The van der Waals surface area contributed by atoms with E-state index in [0.29, 0.717) is 24.1 Å². The van der Waals surface area contributed by atoms with E-state index >= 15 is 0 Å². The average Bonchev–Trinajstić information content (AvgIpc) is 2.62. The molecule has 7 nitrogen and oxygen atoms in total. The van der Waals surface area contributed by atoms with Crippen LogP contribution >= 0.6 is 0 Å². The first-order valence-electron chi connectivity index (χ1n) is 7.95. The van der Waals surface area contributed by atoms with E-state index in [9.17, 15) is 14.9 Å². The maximum Gasteiger partial charge on any atom is 0.407 e. The fourth-order valence-electron chi connectivity index (χ4n) is 2.18. The van der Waals surface area contributed by atoms with Crippen molar-refractivity contribution in [3.63, 3.8) is 0 Å². The highest BCUT2D eigenvalue weighted by atomic mass is 16.6. The van der Waals surface area contributed by atoms with E-state index in [1.807, 2.05) is 30.3 Å². The summed E-state index contributed by atoms with van der Waals surface area (Å²) in [6.45, 7) is 2.16. The highest BCUT2D eigenvalue weighted by Gasteiger charge is 2.12. The predicted octanol–water partition coefficient (Wildman–Crippen LogP) is 3.15. The number of nitrogens with one attached hydrogen (secondary N) is 1. The van der Waals surface area contributed by atoms with Crippen molar-refractivity contribution >= 4 is 17.5 Å². The van der Waals surface area contributed by atoms with Crippen LogP contribution < -0.4 is 11.1 Å². The van der Waals surface area contributed by atoms with Gasteiger partial charge in [-0.2, -0.15) is 0 Å². The quantitative estimate of drug-likeness (QED) is 0.282. The highest BCUT2D eigenvalue weighted by molar-refractivity contribution is 5.67. The van der Waals surface area contributed by atoms with Gasteiger partial charge in [0.2, 0.25) is 0 Å². The summed E-state index contributed by atoms with van der Waals surface area (Å²) in [6.07, 6.45) is -0.114. The zero-order valence-corrected chi connectivity index (χ0v) is 14.3. The smallest absolute Gasteiger partial charge is 0.407 e. The fraction of sp³-hybridized carbons (Fsp3) is 0.211. The third kappa shape index (κ3) is 5.53. The van der Waals surface area contributed by atoms with Crippen molar-refractivity contribution in [3.05, 3.63) is 69.3 Å². The van der Waals surface area contributed by atoms with Gasteiger partial charge in [0.05, 0.1) is 10.6 Å². The Bertz CT molecular complexity index is 854. The fourth-order valence-corrected chi connectivity index (χ4v) is 2.18. The van der Waals surface area contributed by atoms with Crippen LogP contribution in [0, 0.1) is 28.9 Å². The van der Waals surface area contributed by atoms with Crippen molar-refractivity contribution in [1.29, 1.82) is 0 Å². The van der Waals surface area contributed by atoms with Gasteiger partial charge in [0, 0.05) is 30.2 Å². The van der Waals surface area contributed by atoms with Gasteiger partial charge in [0.15, 0.2) is 0 Å². The van der Waals surface area contributed by atoms with E-state index in [0.717, 1.165) is 5.56 Å². The van der Waals surface area contributed by atoms with Crippen LogP contribution in [0.15, 0.2) is 42.5 Å². The molecule has 0 spiro atoms. The first-order valence-corrected chi connectivity index (χ1v) is 7.95. The van der Waals surface area contributed by atoms with Crippen molar-refractivity contribution in [1.82, 2.24) is 5.32 Å². The number of ether oxygens (including phenoxy) is 1. The van der Waals surface area contributed by atoms with Gasteiger partial charge in [-0.3, -0.25) is 10.1 Å². The van der Waals surface area contributed by atoms with E-state index in [1.54, 1.807) is 13.0 Å². The summed E-state index contributed by atoms with van der Waals surface area (Å²) in [4.78, 5) is 22.0. The second-order valence-electron chi connectivity index (χ2n) is 5.52. The largest absolute Gasteiger partial charge is 0.445 e. The third-order valence-corrected chi connectivity index (χ3v) is 3.52. The number of hydrogen-bond donors (Lipinski definition) is 2. The molecule has 2 rings (SSSR count). The molecule has 134 valence electrons. The molecule has 0 fully saturated rings. The van der Waals surface area contributed by atoms with Gasteiger partial charge in [-0.25, -0.2) is 4.79 Å². The number of aryl methyl sites for hydroxylation is 1. The van der Waals surface area contributed by atoms with E-state index in [4.69, 9.17) is 10.5 Å². The SMILES string of the molecule is Cc1cc(C#CCCNC(=O)OCc2ccccc2)c(N)cc1[N+](=O)[O-]. The van der Waals surface area contributed by atoms with Crippen LogP contribution in [-0.4, -0.2) is 17.6 Å². The Morgan fingerprint density at radius 1 is 1.31 bits per heavy atom. The molecule has 0 aliphatic rings. The van der Waals surface area contributed by atoms with Crippen molar-refractivity contribution in [2.75, 3.05) is 12.3 Å². The average molecular weight is 353 g/mol. The summed E-state index contributed by atoms with van der Waals surface area (Å²) in [5, 5.41) is 13.5. The molecular formula is C19H19N3O4. The second-order valence-corrected chi connectivity index (χ2v) is 5.52. The molecule has 0 bridgehead atoms. The number of alkyl carbamates (subject to hydrolysis) is 1. The summed E-state index contributed by atoms with van der Waals surface area (Å²) in [5.41, 5.74) is 7.94. The van der Waals surface area contributed by atoms with Gasteiger partial charge in [0.25, 0.3) is 5.69 Å². The standard InChI is InChI=1S/C19H19N3O4/c1-14-11-16(17(20)12-18(14)22(24)25)9-5-6-10-21-19(23)26-13-15-7-3-2-4-8-15/h2-4,7-8,11-12H,6,10,13,20H2,1H3,(H,21,23). The number of nitrogens with two attached hydrogens (primary N) is 1. The number of hydrogen-bond acceptors (Lipinski definition) is 5. The molecule has 2 aromatic carbocycles. The zero-order valence-electron chi connectivity index (χ0n) is 14.3. The first kappa shape index (κ1) is 18.8. The molecule has 3 N–H and O–H groups in total. The van der Waals surface area contributed by atoms with Crippen LogP contribution in [0.3, 0.4) is 0 Å². The van der Waals surface area contributed by atoms with E-state index in [1.165, 1.54) is 6.07 Å². The lowest BCUT2D eigenvalue weighted by molar-refractivity contribution is -0.385. The van der Waals surface area contributed by atoms with E-state index in [-0.39, 0.29) is 18.0 Å². The molecule has 0 atom stereocenters. The molecule has 1 amide bonds. The van der Waals surface area contributed by atoms with Gasteiger partial charge in [0.1, 0.15) is 6.61 Å². The number of rotatable bonds is 5. The number of nitro benzene ring substituents is 1. The molecule has 7 heteroatoms. The van der Waals surface area contributed by atoms with Crippen molar-refractivity contribution in [2.24, 2.45) is 0 Å². The molecule has 0 saturated heterocycles. The number of nitrogen functional groups attached to an aromatic ring is 1. The van der Waals surface area contributed by atoms with Crippen LogP contribution in [0.5, 0.6) is 0 Å². The minimum absolute atomic E-state index is 0.0316. The molecule has 2 aromatic rings. The summed E-state index contributed by atoms with van der Waals surface area (Å²) in [7, 11) is 0. The number of nitrogens with zero attached hydrogens (tertiary/aromatic N) is 1. The molecular weight excluding hydrogens is 334 g/mol. The summed E-state index contributed by atoms with van der Waals surface area (Å²) in [6, 6.07) is 12.3. The Kier molecular flexibility index (Phi) is 6.57. The van der Waals surface area contributed by atoms with Crippen LogP contribution in [0.4, 0.5) is 16.2 Å². The number of benzene rings is 2. The van der Waals surface area contributed by atoms with Gasteiger partial charge in [-0.1, -0.05) is 42.2 Å². The van der Waals surface area contributed by atoms with Crippen LogP contribution in [0.25, 0.3) is 0 Å². The van der Waals surface area contributed by atoms with Gasteiger partial charge in [-0.05, 0) is 18.6 Å². The van der Waals surface area contributed by atoms with Gasteiger partial charge < -0.3 is 15.8 Å². The summed E-state index contributed by atoms with van der Waals surface area (Å²) < 4.78 is 5.08. The van der Waals surface area contributed by atoms with Gasteiger partial charge in [-0.15, -0.1) is 0 Å². The molecule has 0 aliphatic heterocycles. The molecule has 0 saturated carbocycles. The predicted molar refractivity (Wildman–Crippen MR) is 98.4 cm³/mol. The molecule has 0 unspecified atom stereocenters. The highest BCUT2D eigenvalue weighted by Crippen LogP contribution is 2.24. The van der Waals surface area contributed by atoms with Crippen molar-refractivity contribution < 1.29 is 14.5 Å². The lowest BCUT2D eigenvalue weighted by atomic mass is 10.1.